The maximum Gasteiger partial charge on any atom is 0.154 e. The molecule has 28 heavy (non-hydrogen) atoms. The van der Waals surface area contributed by atoms with Crippen molar-refractivity contribution >= 4 is 16.6 Å². The molecule has 3 nitrogen and oxygen atoms in total. The van der Waals surface area contributed by atoms with Crippen molar-refractivity contribution in [2.75, 3.05) is 11.4 Å². The van der Waals surface area contributed by atoms with Crippen LogP contribution in [-0.2, 0) is 0 Å². The maximum absolute atomic E-state index is 11.9. The zero-order valence-electron chi connectivity index (χ0n) is 15.9. The van der Waals surface area contributed by atoms with Gasteiger partial charge in [0.1, 0.15) is 11.5 Å². The fraction of sp³-hybridized carbons (Fsp3) is 0.208. The van der Waals surface area contributed by atoms with Gasteiger partial charge < -0.3 is 9.32 Å². The van der Waals surface area contributed by atoms with Crippen molar-refractivity contribution < 1.29 is 8.81 Å². The fourth-order valence-electron chi connectivity index (χ4n) is 3.62. The topological polar surface area (TPSA) is 29.3 Å². The molecule has 0 saturated carbocycles. The van der Waals surface area contributed by atoms with Crippen molar-refractivity contribution in [3.63, 3.8) is 0 Å². The third kappa shape index (κ3) is 3.91. The van der Waals surface area contributed by atoms with Gasteiger partial charge in [0.25, 0.3) is 0 Å². The molecule has 0 spiro atoms. The summed E-state index contributed by atoms with van der Waals surface area (Å²) in [6, 6.07) is 22.9. The molecule has 4 heteroatoms. The Labute approximate surface area is 164 Å². The van der Waals surface area contributed by atoms with Gasteiger partial charge in [0.2, 0.25) is 0 Å². The lowest BCUT2D eigenvalue weighted by Crippen LogP contribution is -2.27. The minimum Gasteiger partial charge on any atom is -0.463 e. The molecule has 5 rings (SSSR count). The average molecular weight is 374 g/mol. The number of pyridine rings is 1. The summed E-state index contributed by atoms with van der Waals surface area (Å²) in [5, 5.41) is 1.18. The average Bonchev–Trinajstić information content (AvgIpc) is 3.40. The summed E-state index contributed by atoms with van der Waals surface area (Å²) < 4.78 is 17.5. The summed E-state index contributed by atoms with van der Waals surface area (Å²) in [4.78, 5) is 7.32. The van der Waals surface area contributed by atoms with Gasteiger partial charge in [0, 0.05) is 18.0 Å². The van der Waals surface area contributed by atoms with Crippen LogP contribution in [0.4, 0.5) is 10.1 Å². The molecule has 1 fully saturated rings. The van der Waals surface area contributed by atoms with Crippen molar-refractivity contribution in [1.29, 1.82) is 0 Å². The summed E-state index contributed by atoms with van der Waals surface area (Å²) >= 11 is 0. The van der Waals surface area contributed by atoms with E-state index in [1.165, 1.54) is 36.0 Å². The number of nitrogens with zero attached hydrogens (tertiary/aromatic N) is 2. The van der Waals surface area contributed by atoms with Crippen molar-refractivity contribution in [2.24, 2.45) is 0 Å². The Morgan fingerprint density at radius 1 is 1.00 bits per heavy atom. The van der Waals surface area contributed by atoms with Gasteiger partial charge in [-0.15, -0.1) is 0 Å². The van der Waals surface area contributed by atoms with E-state index in [9.17, 15) is 4.39 Å². The Bertz CT molecular complexity index is 1030. The summed E-state index contributed by atoms with van der Waals surface area (Å²) in [6.45, 7) is 3.38. The molecule has 0 radical (unpaired) electrons. The zero-order chi connectivity index (χ0) is 19.3. The molecule has 2 aromatic carbocycles. The molecule has 1 unspecified atom stereocenters. The molecule has 0 aliphatic carbocycles. The lowest BCUT2D eigenvalue weighted by Gasteiger charge is -2.25. The highest BCUT2D eigenvalue weighted by molar-refractivity contribution is 5.88. The second-order valence-electron chi connectivity index (χ2n) is 7.01. The van der Waals surface area contributed by atoms with Crippen molar-refractivity contribution in [2.45, 2.75) is 25.8 Å². The Morgan fingerprint density at radius 3 is 2.43 bits per heavy atom. The molecule has 0 bridgehead atoms. The second-order valence-corrected chi connectivity index (χ2v) is 7.01. The number of fused-ring (bicyclic) bond motifs is 1. The first-order valence-corrected chi connectivity index (χ1v) is 9.63. The summed E-state index contributed by atoms with van der Waals surface area (Å²) in [5.74, 6) is 0.664. The normalized spacial score (nSPS) is 16.1. The van der Waals surface area contributed by atoms with E-state index >= 15 is 0 Å². The molecule has 1 saturated heterocycles. The number of para-hydroxylation sites is 1. The number of furan rings is 1. The predicted octanol–water partition coefficient (Wildman–Crippen LogP) is 6.31. The van der Waals surface area contributed by atoms with Gasteiger partial charge >= 0.3 is 0 Å². The quantitative estimate of drug-likeness (QED) is 0.412. The van der Waals surface area contributed by atoms with Crippen LogP contribution in [0.2, 0.25) is 0 Å². The molecular formula is C24H23FN2O. The van der Waals surface area contributed by atoms with Crippen LogP contribution in [0.5, 0.6) is 0 Å². The Morgan fingerprint density at radius 2 is 1.79 bits per heavy atom. The number of halogens is 1. The fourth-order valence-corrected chi connectivity index (χ4v) is 3.62. The van der Waals surface area contributed by atoms with Crippen molar-refractivity contribution in [1.82, 2.24) is 4.98 Å². The minimum atomic E-state index is -0.178. The number of hydrogen-bond donors (Lipinski definition) is 0. The number of aromatic nitrogens is 1. The van der Waals surface area contributed by atoms with Gasteiger partial charge in [0.15, 0.2) is 5.76 Å². The first-order chi connectivity index (χ1) is 13.7. The van der Waals surface area contributed by atoms with Gasteiger partial charge in [-0.1, -0.05) is 36.4 Å². The molecule has 1 aliphatic heterocycles. The molecular weight excluding hydrogens is 351 g/mol. The SMILES string of the molecule is CC1CCCN1c1cc2ccccc2nc1-c1ccco1.Fc1ccccc1. The van der Waals surface area contributed by atoms with E-state index in [1.54, 1.807) is 24.5 Å². The van der Waals surface area contributed by atoms with E-state index in [1.807, 2.05) is 18.2 Å². The van der Waals surface area contributed by atoms with E-state index in [4.69, 9.17) is 9.40 Å². The minimum absolute atomic E-state index is 0.178. The van der Waals surface area contributed by atoms with E-state index in [0.29, 0.717) is 6.04 Å². The molecule has 142 valence electrons. The zero-order valence-corrected chi connectivity index (χ0v) is 15.9. The van der Waals surface area contributed by atoms with E-state index in [0.717, 1.165) is 23.5 Å². The first-order valence-electron chi connectivity index (χ1n) is 9.63. The monoisotopic (exact) mass is 374 g/mol. The lowest BCUT2D eigenvalue weighted by molar-refractivity contribution is 0.580. The van der Waals surface area contributed by atoms with Crippen molar-refractivity contribution in [3.8, 4) is 11.5 Å². The predicted molar refractivity (Wildman–Crippen MR) is 112 cm³/mol. The van der Waals surface area contributed by atoms with Crippen LogP contribution in [0.25, 0.3) is 22.4 Å². The number of anilines is 1. The van der Waals surface area contributed by atoms with Gasteiger partial charge in [-0.2, -0.15) is 0 Å². The first kappa shape index (κ1) is 18.2. The highest BCUT2D eigenvalue weighted by atomic mass is 19.1. The van der Waals surface area contributed by atoms with Gasteiger partial charge in [0.05, 0.1) is 17.5 Å². The number of benzene rings is 2. The standard InChI is InChI=1S/C18H18N2O.C6H5F/c1-13-6-4-10-20(13)16-12-14-7-2-3-8-15(14)19-18(16)17-9-5-11-21-17;7-6-4-2-1-3-5-6/h2-3,5,7-9,11-13H,4,6,10H2,1H3;1-5H. The van der Waals surface area contributed by atoms with Crippen LogP contribution in [0.1, 0.15) is 19.8 Å². The molecule has 3 heterocycles. The van der Waals surface area contributed by atoms with Gasteiger partial charge in [-0.25, -0.2) is 9.37 Å². The number of rotatable bonds is 2. The smallest absolute Gasteiger partial charge is 0.154 e. The third-order valence-corrected chi connectivity index (χ3v) is 5.05. The summed E-state index contributed by atoms with van der Waals surface area (Å²) in [6.07, 6.45) is 4.19. The van der Waals surface area contributed by atoms with Crippen LogP contribution < -0.4 is 4.90 Å². The summed E-state index contributed by atoms with van der Waals surface area (Å²) in [7, 11) is 0. The molecule has 0 amide bonds. The molecule has 0 N–H and O–H groups in total. The van der Waals surface area contributed by atoms with E-state index < -0.39 is 0 Å². The van der Waals surface area contributed by atoms with Crippen LogP contribution in [0.3, 0.4) is 0 Å². The van der Waals surface area contributed by atoms with Crippen LogP contribution in [-0.4, -0.2) is 17.6 Å². The van der Waals surface area contributed by atoms with Crippen LogP contribution in [0.15, 0.2) is 83.5 Å². The molecule has 4 aromatic rings. The maximum atomic E-state index is 11.9. The van der Waals surface area contributed by atoms with E-state index in [2.05, 4.69) is 36.1 Å². The molecule has 2 aromatic heterocycles. The Kier molecular flexibility index (Phi) is 5.38. The van der Waals surface area contributed by atoms with E-state index in [-0.39, 0.29) is 5.82 Å². The highest BCUT2D eigenvalue weighted by Crippen LogP contribution is 2.36. The van der Waals surface area contributed by atoms with Crippen molar-refractivity contribution in [3.05, 3.63) is 84.9 Å². The summed E-state index contributed by atoms with van der Waals surface area (Å²) in [5.41, 5.74) is 3.15. The largest absolute Gasteiger partial charge is 0.463 e. The van der Waals surface area contributed by atoms with Crippen LogP contribution >= 0.6 is 0 Å². The lowest BCUT2D eigenvalue weighted by atomic mass is 10.1. The highest BCUT2D eigenvalue weighted by Gasteiger charge is 2.25. The Hall–Kier alpha value is -3.14. The van der Waals surface area contributed by atoms with Gasteiger partial charge in [-0.05, 0) is 56.2 Å². The third-order valence-electron chi connectivity index (χ3n) is 5.05. The van der Waals surface area contributed by atoms with Crippen LogP contribution in [0, 0.1) is 5.82 Å². The molecule has 1 atom stereocenters. The Balaban J connectivity index is 0.000000233. The molecule has 1 aliphatic rings. The number of hydrogen-bond acceptors (Lipinski definition) is 3. The second kappa shape index (κ2) is 8.26. The van der Waals surface area contributed by atoms with Gasteiger partial charge in [-0.3, -0.25) is 0 Å².